The standard InChI is InChI=1S/C18H16ClN/c19-16-10-8-14(9-11-16)12-13-20-18-7-3-5-15-4-1-2-6-17(15)18/h1-11,20H,12-13H2. The van der Waals surface area contributed by atoms with Gasteiger partial charge in [0.1, 0.15) is 0 Å². The second-order valence-electron chi connectivity index (χ2n) is 4.83. The average molecular weight is 282 g/mol. The molecule has 2 heteroatoms. The van der Waals surface area contributed by atoms with E-state index in [1.165, 1.54) is 22.0 Å². The van der Waals surface area contributed by atoms with Gasteiger partial charge in [-0.15, -0.1) is 0 Å². The van der Waals surface area contributed by atoms with Gasteiger partial charge in [0.25, 0.3) is 0 Å². The third-order valence-corrected chi connectivity index (χ3v) is 3.68. The summed E-state index contributed by atoms with van der Waals surface area (Å²) in [5.41, 5.74) is 2.49. The van der Waals surface area contributed by atoms with E-state index in [4.69, 9.17) is 11.6 Å². The maximum Gasteiger partial charge on any atom is 0.0419 e. The van der Waals surface area contributed by atoms with Crippen LogP contribution >= 0.6 is 11.6 Å². The molecule has 3 aromatic carbocycles. The Morgan fingerprint density at radius 1 is 0.800 bits per heavy atom. The van der Waals surface area contributed by atoms with Crippen LogP contribution in [0.1, 0.15) is 5.56 Å². The van der Waals surface area contributed by atoms with E-state index in [0.29, 0.717) is 0 Å². The topological polar surface area (TPSA) is 12.0 Å². The first kappa shape index (κ1) is 13.0. The van der Waals surface area contributed by atoms with Gasteiger partial charge in [-0.05, 0) is 35.6 Å². The summed E-state index contributed by atoms with van der Waals surface area (Å²) in [6.07, 6.45) is 0.986. The number of fused-ring (bicyclic) bond motifs is 1. The van der Waals surface area contributed by atoms with Gasteiger partial charge in [0.15, 0.2) is 0 Å². The first-order chi connectivity index (χ1) is 9.83. The first-order valence-corrected chi connectivity index (χ1v) is 7.17. The molecular weight excluding hydrogens is 266 g/mol. The van der Waals surface area contributed by atoms with Crippen LogP contribution in [0.25, 0.3) is 10.8 Å². The molecule has 20 heavy (non-hydrogen) atoms. The second-order valence-corrected chi connectivity index (χ2v) is 5.27. The molecule has 0 radical (unpaired) electrons. The van der Waals surface area contributed by atoms with E-state index in [9.17, 15) is 0 Å². The molecule has 0 unspecified atom stereocenters. The molecule has 0 spiro atoms. The molecule has 3 rings (SSSR count). The summed E-state index contributed by atoms with van der Waals surface area (Å²) in [5, 5.41) is 6.84. The lowest BCUT2D eigenvalue weighted by Crippen LogP contribution is -2.05. The molecule has 0 bridgehead atoms. The van der Waals surface area contributed by atoms with Crippen molar-refractivity contribution in [2.45, 2.75) is 6.42 Å². The number of halogens is 1. The number of hydrogen-bond donors (Lipinski definition) is 1. The Labute approximate surface area is 124 Å². The zero-order valence-electron chi connectivity index (χ0n) is 11.1. The smallest absolute Gasteiger partial charge is 0.0419 e. The summed E-state index contributed by atoms with van der Waals surface area (Å²) in [6.45, 7) is 0.912. The SMILES string of the molecule is Clc1ccc(CCNc2cccc3ccccc23)cc1. The highest BCUT2D eigenvalue weighted by atomic mass is 35.5. The third kappa shape index (κ3) is 2.94. The Morgan fingerprint density at radius 2 is 1.55 bits per heavy atom. The van der Waals surface area contributed by atoms with Crippen LogP contribution in [0, 0.1) is 0 Å². The number of anilines is 1. The van der Waals surface area contributed by atoms with Crippen molar-refractivity contribution >= 4 is 28.1 Å². The molecule has 0 saturated heterocycles. The highest BCUT2D eigenvalue weighted by Crippen LogP contribution is 2.22. The van der Waals surface area contributed by atoms with Crippen molar-refractivity contribution in [1.82, 2.24) is 0 Å². The van der Waals surface area contributed by atoms with Gasteiger partial charge >= 0.3 is 0 Å². The predicted octanol–water partition coefficient (Wildman–Crippen LogP) is 5.15. The lowest BCUT2D eigenvalue weighted by molar-refractivity contribution is 1.02. The largest absolute Gasteiger partial charge is 0.384 e. The summed E-state index contributed by atoms with van der Waals surface area (Å²) in [5.74, 6) is 0. The normalized spacial score (nSPS) is 10.7. The van der Waals surface area contributed by atoms with Crippen LogP contribution in [0.15, 0.2) is 66.7 Å². The molecule has 0 atom stereocenters. The molecule has 0 heterocycles. The lowest BCUT2D eigenvalue weighted by Gasteiger charge is -2.10. The Kier molecular flexibility index (Phi) is 3.89. The van der Waals surface area contributed by atoms with Crippen LogP contribution in [-0.4, -0.2) is 6.54 Å². The third-order valence-electron chi connectivity index (χ3n) is 3.43. The summed E-state index contributed by atoms with van der Waals surface area (Å²) in [6, 6.07) is 22.8. The molecule has 0 aliphatic carbocycles. The van der Waals surface area contributed by atoms with Crippen molar-refractivity contribution in [3.05, 3.63) is 77.3 Å². The maximum absolute atomic E-state index is 5.89. The van der Waals surface area contributed by atoms with Crippen molar-refractivity contribution in [3.8, 4) is 0 Å². The van der Waals surface area contributed by atoms with Crippen molar-refractivity contribution in [2.75, 3.05) is 11.9 Å². The van der Waals surface area contributed by atoms with Gasteiger partial charge in [-0.25, -0.2) is 0 Å². The highest BCUT2D eigenvalue weighted by Gasteiger charge is 1.99. The molecule has 1 nitrogen and oxygen atoms in total. The van der Waals surface area contributed by atoms with Crippen LogP contribution in [0.3, 0.4) is 0 Å². The molecule has 100 valence electrons. The number of benzene rings is 3. The minimum Gasteiger partial charge on any atom is -0.384 e. The number of hydrogen-bond acceptors (Lipinski definition) is 1. The monoisotopic (exact) mass is 281 g/mol. The van der Waals surface area contributed by atoms with Crippen molar-refractivity contribution in [3.63, 3.8) is 0 Å². The zero-order valence-corrected chi connectivity index (χ0v) is 11.9. The molecule has 0 aliphatic heterocycles. The van der Waals surface area contributed by atoms with Gasteiger partial charge in [0.2, 0.25) is 0 Å². The Bertz CT molecular complexity index is 699. The van der Waals surface area contributed by atoms with Crippen LogP contribution < -0.4 is 5.32 Å². The Hall–Kier alpha value is -1.99. The van der Waals surface area contributed by atoms with E-state index in [0.717, 1.165) is 18.0 Å². The van der Waals surface area contributed by atoms with Crippen LogP contribution in [-0.2, 0) is 6.42 Å². The van der Waals surface area contributed by atoms with Crippen LogP contribution in [0.5, 0.6) is 0 Å². The fourth-order valence-corrected chi connectivity index (χ4v) is 2.50. The van der Waals surface area contributed by atoms with Gasteiger partial charge in [-0.3, -0.25) is 0 Å². The minimum absolute atomic E-state index is 0.788. The molecule has 0 aliphatic rings. The molecular formula is C18H16ClN. The van der Waals surface area contributed by atoms with Crippen molar-refractivity contribution in [2.24, 2.45) is 0 Å². The zero-order chi connectivity index (χ0) is 13.8. The molecule has 3 aromatic rings. The van der Waals surface area contributed by atoms with E-state index in [1.54, 1.807) is 0 Å². The van der Waals surface area contributed by atoms with Gasteiger partial charge < -0.3 is 5.32 Å². The minimum atomic E-state index is 0.788. The van der Waals surface area contributed by atoms with Crippen LogP contribution in [0.2, 0.25) is 5.02 Å². The summed E-state index contributed by atoms with van der Waals surface area (Å²) >= 11 is 5.89. The lowest BCUT2D eigenvalue weighted by atomic mass is 10.1. The van der Waals surface area contributed by atoms with Crippen LogP contribution in [0.4, 0.5) is 5.69 Å². The summed E-state index contributed by atoms with van der Waals surface area (Å²) in [7, 11) is 0. The van der Waals surface area contributed by atoms with Gasteiger partial charge in [0, 0.05) is 22.6 Å². The summed E-state index contributed by atoms with van der Waals surface area (Å²) in [4.78, 5) is 0. The van der Waals surface area contributed by atoms with Crippen molar-refractivity contribution in [1.29, 1.82) is 0 Å². The van der Waals surface area contributed by atoms with E-state index in [2.05, 4.69) is 59.9 Å². The van der Waals surface area contributed by atoms with E-state index in [-0.39, 0.29) is 0 Å². The van der Waals surface area contributed by atoms with Gasteiger partial charge in [0.05, 0.1) is 0 Å². The van der Waals surface area contributed by atoms with E-state index < -0.39 is 0 Å². The highest BCUT2D eigenvalue weighted by molar-refractivity contribution is 6.30. The number of nitrogens with one attached hydrogen (secondary N) is 1. The average Bonchev–Trinajstić information content (AvgIpc) is 2.49. The van der Waals surface area contributed by atoms with E-state index in [1.807, 2.05) is 12.1 Å². The van der Waals surface area contributed by atoms with Gasteiger partial charge in [-0.2, -0.15) is 0 Å². The Balaban J connectivity index is 1.69. The fourth-order valence-electron chi connectivity index (χ4n) is 2.37. The van der Waals surface area contributed by atoms with Gasteiger partial charge in [-0.1, -0.05) is 60.1 Å². The second kappa shape index (κ2) is 5.98. The molecule has 0 aromatic heterocycles. The molecule has 0 amide bonds. The number of rotatable bonds is 4. The predicted molar refractivity (Wildman–Crippen MR) is 87.6 cm³/mol. The van der Waals surface area contributed by atoms with Crippen molar-refractivity contribution < 1.29 is 0 Å². The fraction of sp³-hybridized carbons (Fsp3) is 0.111. The quantitative estimate of drug-likeness (QED) is 0.697. The molecule has 0 saturated carbocycles. The maximum atomic E-state index is 5.89. The Morgan fingerprint density at radius 3 is 2.40 bits per heavy atom. The first-order valence-electron chi connectivity index (χ1n) is 6.79. The molecule has 0 fully saturated rings. The summed E-state index contributed by atoms with van der Waals surface area (Å²) < 4.78 is 0. The molecule has 1 N–H and O–H groups in total. The van der Waals surface area contributed by atoms with E-state index >= 15 is 0 Å².